The summed E-state index contributed by atoms with van der Waals surface area (Å²) < 4.78 is 11.1. The first-order chi connectivity index (χ1) is 8.63. The lowest BCUT2D eigenvalue weighted by Gasteiger charge is -2.13. The fraction of sp³-hybridized carbons (Fsp3) is 0.538. The van der Waals surface area contributed by atoms with E-state index in [2.05, 4.69) is 12.5 Å². The first-order valence-corrected chi connectivity index (χ1v) is 8.02. The van der Waals surface area contributed by atoms with E-state index >= 15 is 0 Å². The van der Waals surface area contributed by atoms with Gasteiger partial charge in [-0.25, -0.2) is 0 Å². The Balaban J connectivity index is 2.50. The van der Waals surface area contributed by atoms with Crippen LogP contribution in [0.1, 0.15) is 0 Å². The Bertz CT molecular complexity index is 344. The number of rotatable bonds is 8. The third kappa shape index (κ3) is 5.62. The van der Waals surface area contributed by atoms with Gasteiger partial charge in [0.2, 0.25) is 0 Å². The lowest BCUT2D eigenvalue weighted by molar-refractivity contribution is 0.0525. The number of hydrogen-bond acceptors (Lipinski definition) is 4. The molecule has 0 spiro atoms. The van der Waals surface area contributed by atoms with Crippen molar-refractivity contribution in [2.75, 3.05) is 38.1 Å². The zero-order valence-corrected chi connectivity index (χ0v) is 11.7. The minimum atomic E-state index is -0.866. The van der Waals surface area contributed by atoms with E-state index in [1.54, 1.807) is 6.07 Å². The molecule has 5 heteroatoms. The number of benzene rings is 1. The second-order valence-corrected chi connectivity index (χ2v) is 6.51. The number of para-hydroxylation sites is 2. The molecule has 0 heterocycles. The first-order valence-electron chi connectivity index (χ1n) is 5.81. The molecule has 0 aliphatic carbocycles. The van der Waals surface area contributed by atoms with Crippen LogP contribution < -0.4 is 9.47 Å². The van der Waals surface area contributed by atoms with Crippen LogP contribution in [0.3, 0.4) is 0 Å². The smallest absolute Gasteiger partial charge is 0.161 e. The van der Waals surface area contributed by atoms with Crippen LogP contribution in [0.2, 0.25) is 0 Å². The van der Waals surface area contributed by atoms with E-state index in [4.69, 9.17) is 14.6 Å². The van der Waals surface area contributed by atoms with E-state index in [-0.39, 0.29) is 13.2 Å². The molecule has 1 rings (SSSR count). The average molecular weight is 273 g/mol. The standard InChI is InChI=1S/C13H21O4S/c1-18(2)8-7-16-12-5-3-4-6-13(12)17-10-11(15)9-14/h3-6,11,14-15H,7-10H2,1-2H3/q+1. The van der Waals surface area contributed by atoms with Crippen molar-refractivity contribution in [2.24, 2.45) is 0 Å². The number of aliphatic hydroxyl groups excluding tert-OH is 2. The van der Waals surface area contributed by atoms with Crippen LogP contribution in [0.15, 0.2) is 24.3 Å². The van der Waals surface area contributed by atoms with Gasteiger partial charge >= 0.3 is 0 Å². The maximum absolute atomic E-state index is 9.24. The zero-order valence-electron chi connectivity index (χ0n) is 10.8. The molecule has 0 aliphatic heterocycles. The number of aliphatic hydroxyl groups is 2. The largest absolute Gasteiger partial charge is 0.487 e. The second-order valence-electron chi connectivity index (χ2n) is 4.13. The molecule has 0 saturated heterocycles. The SMILES string of the molecule is C[S+](C)CCOc1ccccc1OCC(O)CO. The summed E-state index contributed by atoms with van der Waals surface area (Å²) in [5, 5.41) is 18.0. The summed E-state index contributed by atoms with van der Waals surface area (Å²) in [5.41, 5.74) is 0. The van der Waals surface area contributed by atoms with Crippen molar-refractivity contribution in [1.29, 1.82) is 0 Å². The van der Waals surface area contributed by atoms with E-state index in [9.17, 15) is 5.11 Å². The molecule has 2 N–H and O–H groups in total. The number of ether oxygens (including phenoxy) is 2. The van der Waals surface area contributed by atoms with E-state index in [1.165, 1.54) is 0 Å². The molecule has 0 saturated carbocycles. The summed E-state index contributed by atoms with van der Waals surface area (Å²) in [6.45, 7) is 0.402. The van der Waals surface area contributed by atoms with Crippen molar-refractivity contribution < 1.29 is 19.7 Å². The van der Waals surface area contributed by atoms with Gasteiger partial charge in [-0.15, -0.1) is 0 Å². The van der Waals surface area contributed by atoms with E-state index in [0.29, 0.717) is 29.0 Å². The van der Waals surface area contributed by atoms with Crippen LogP contribution in [0.4, 0.5) is 0 Å². The Morgan fingerprint density at radius 3 is 2.33 bits per heavy atom. The van der Waals surface area contributed by atoms with Crippen molar-refractivity contribution in [3.05, 3.63) is 24.3 Å². The summed E-state index contributed by atoms with van der Waals surface area (Å²) in [4.78, 5) is 0. The lowest BCUT2D eigenvalue weighted by Crippen LogP contribution is -2.21. The molecule has 0 bridgehead atoms. The summed E-state index contributed by atoms with van der Waals surface area (Å²) in [7, 11) is 0.353. The predicted octanol–water partition coefficient (Wildman–Crippen LogP) is 0.675. The van der Waals surface area contributed by atoms with Crippen molar-refractivity contribution in [1.82, 2.24) is 0 Å². The third-order valence-corrected chi connectivity index (χ3v) is 3.22. The van der Waals surface area contributed by atoms with E-state index < -0.39 is 6.10 Å². The molecule has 102 valence electrons. The topological polar surface area (TPSA) is 58.9 Å². The maximum Gasteiger partial charge on any atom is 0.161 e. The van der Waals surface area contributed by atoms with Crippen LogP contribution in [-0.4, -0.2) is 54.4 Å². The zero-order chi connectivity index (χ0) is 13.4. The van der Waals surface area contributed by atoms with Crippen LogP contribution in [0, 0.1) is 0 Å². The maximum atomic E-state index is 9.24. The highest BCUT2D eigenvalue weighted by atomic mass is 32.2. The monoisotopic (exact) mass is 273 g/mol. The normalized spacial score (nSPS) is 12.5. The highest BCUT2D eigenvalue weighted by Crippen LogP contribution is 2.26. The summed E-state index contributed by atoms with van der Waals surface area (Å²) in [5.74, 6) is 2.28. The highest BCUT2D eigenvalue weighted by Gasteiger charge is 2.09. The Morgan fingerprint density at radius 1 is 1.17 bits per heavy atom. The molecule has 1 aromatic rings. The summed E-state index contributed by atoms with van der Waals surface area (Å²) in [6, 6.07) is 7.35. The average Bonchev–Trinajstić information content (AvgIpc) is 2.36. The molecule has 0 amide bonds. The predicted molar refractivity (Wildman–Crippen MR) is 74.6 cm³/mol. The molecule has 1 atom stereocenters. The molecule has 0 fully saturated rings. The van der Waals surface area contributed by atoms with Gasteiger partial charge in [0.15, 0.2) is 11.5 Å². The minimum absolute atomic E-state index is 0.0583. The number of hydrogen-bond donors (Lipinski definition) is 2. The van der Waals surface area contributed by atoms with Gasteiger partial charge in [0.05, 0.1) is 19.1 Å². The molecule has 18 heavy (non-hydrogen) atoms. The van der Waals surface area contributed by atoms with Gasteiger partial charge in [0.25, 0.3) is 0 Å². The molecular formula is C13H21O4S+. The Hall–Kier alpha value is -0.910. The van der Waals surface area contributed by atoms with E-state index in [1.807, 2.05) is 18.2 Å². The Labute approximate surface area is 111 Å². The van der Waals surface area contributed by atoms with Crippen molar-refractivity contribution in [3.63, 3.8) is 0 Å². The first kappa shape index (κ1) is 15.1. The molecule has 0 radical (unpaired) electrons. The molecular weight excluding hydrogens is 252 g/mol. The van der Waals surface area contributed by atoms with Crippen molar-refractivity contribution in [2.45, 2.75) is 6.10 Å². The molecule has 1 unspecified atom stereocenters. The van der Waals surface area contributed by atoms with Crippen LogP contribution in [-0.2, 0) is 10.9 Å². The van der Waals surface area contributed by atoms with Gasteiger partial charge in [-0.05, 0) is 23.0 Å². The molecule has 1 aromatic carbocycles. The van der Waals surface area contributed by atoms with E-state index in [0.717, 1.165) is 5.75 Å². The summed E-state index contributed by atoms with van der Waals surface area (Å²) in [6.07, 6.45) is 3.47. The van der Waals surface area contributed by atoms with Gasteiger partial charge in [-0.2, -0.15) is 0 Å². The minimum Gasteiger partial charge on any atom is -0.487 e. The Morgan fingerprint density at radius 2 is 1.78 bits per heavy atom. The lowest BCUT2D eigenvalue weighted by atomic mass is 10.3. The second kappa shape index (κ2) is 8.24. The van der Waals surface area contributed by atoms with Crippen LogP contribution in [0.5, 0.6) is 11.5 Å². The van der Waals surface area contributed by atoms with Gasteiger partial charge < -0.3 is 19.7 Å². The van der Waals surface area contributed by atoms with Crippen LogP contribution >= 0.6 is 0 Å². The quantitative estimate of drug-likeness (QED) is 0.684. The summed E-state index contributed by atoms with van der Waals surface area (Å²) >= 11 is 0. The highest BCUT2D eigenvalue weighted by molar-refractivity contribution is 7.95. The van der Waals surface area contributed by atoms with Gasteiger partial charge in [-0.1, -0.05) is 12.1 Å². The Kier molecular flexibility index (Phi) is 6.93. The van der Waals surface area contributed by atoms with Crippen molar-refractivity contribution in [3.8, 4) is 11.5 Å². The van der Waals surface area contributed by atoms with Crippen molar-refractivity contribution >= 4 is 10.9 Å². The van der Waals surface area contributed by atoms with Crippen LogP contribution in [0.25, 0.3) is 0 Å². The van der Waals surface area contributed by atoms with Gasteiger partial charge in [0.1, 0.15) is 25.1 Å². The molecule has 0 aliphatic rings. The van der Waals surface area contributed by atoms with Gasteiger partial charge in [-0.3, -0.25) is 0 Å². The third-order valence-electron chi connectivity index (χ3n) is 2.24. The fourth-order valence-corrected chi connectivity index (χ4v) is 1.66. The fourth-order valence-electron chi connectivity index (χ4n) is 1.25. The molecule has 4 nitrogen and oxygen atoms in total. The molecule has 0 aromatic heterocycles. The van der Waals surface area contributed by atoms with Gasteiger partial charge in [0, 0.05) is 0 Å².